The summed E-state index contributed by atoms with van der Waals surface area (Å²) in [4.78, 5) is 20.6. The second-order valence-corrected chi connectivity index (χ2v) is 7.79. The van der Waals surface area contributed by atoms with E-state index in [1.807, 2.05) is 0 Å². The molecular formula is C26H24F2N2O4. The molecule has 0 aromatic heterocycles. The van der Waals surface area contributed by atoms with Gasteiger partial charge in [-0.3, -0.25) is 4.79 Å². The molecule has 8 heteroatoms. The Morgan fingerprint density at radius 1 is 1.03 bits per heavy atom. The van der Waals surface area contributed by atoms with E-state index in [4.69, 9.17) is 14.3 Å². The molecule has 0 radical (unpaired) electrons. The third kappa shape index (κ3) is 5.01. The van der Waals surface area contributed by atoms with Crippen LogP contribution in [0.3, 0.4) is 0 Å². The Kier molecular flexibility index (Phi) is 7.06. The van der Waals surface area contributed by atoms with Crippen LogP contribution in [0.25, 0.3) is 0 Å². The predicted octanol–water partition coefficient (Wildman–Crippen LogP) is 4.82. The van der Waals surface area contributed by atoms with Crippen LogP contribution in [0.2, 0.25) is 0 Å². The summed E-state index contributed by atoms with van der Waals surface area (Å²) >= 11 is 0. The number of rotatable bonds is 8. The second kappa shape index (κ2) is 10.3. The molecule has 1 aliphatic rings. The molecule has 0 aliphatic carbocycles. The van der Waals surface area contributed by atoms with Gasteiger partial charge in [0.15, 0.2) is 6.10 Å². The van der Waals surface area contributed by atoms with Crippen molar-refractivity contribution >= 4 is 11.6 Å². The smallest absolute Gasteiger partial charge is 0.258 e. The van der Waals surface area contributed by atoms with Crippen LogP contribution in [0, 0.1) is 11.6 Å². The number of amides is 1. The van der Waals surface area contributed by atoms with Crippen molar-refractivity contribution in [3.8, 4) is 11.5 Å². The number of methoxy groups -OCH3 is 2. The number of benzene rings is 3. The molecule has 1 aliphatic heterocycles. The first-order valence-electron chi connectivity index (χ1n) is 10.7. The largest absolute Gasteiger partial charge is 0.497 e. The zero-order valence-electron chi connectivity index (χ0n) is 18.8. The zero-order chi connectivity index (χ0) is 24.1. The number of nitrogens with zero attached hydrogens (tertiary/aromatic N) is 2. The fourth-order valence-corrected chi connectivity index (χ4v) is 3.82. The van der Waals surface area contributed by atoms with Crippen molar-refractivity contribution in [2.45, 2.75) is 19.1 Å². The van der Waals surface area contributed by atoms with Crippen molar-refractivity contribution in [2.75, 3.05) is 20.8 Å². The third-order valence-electron chi connectivity index (χ3n) is 5.59. The van der Waals surface area contributed by atoms with E-state index >= 15 is 0 Å². The molecule has 0 bridgehead atoms. The van der Waals surface area contributed by atoms with Gasteiger partial charge in [0.05, 0.1) is 32.0 Å². The number of hydrogen-bond donors (Lipinski definition) is 0. The van der Waals surface area contributed by atoms with E-state index in [0.717, 1.165) is 0 Å². The van der Waals surface area contributed by atoms with Crippen molar-refractivity contribution in [1.29, 1.82) is 0 Å². The van der Waals surface area contributed by atoms with Gasteiger partial charge >= 0.3 is 0 Å². The average Bonchev–Trinajstić information content (AvgIpc) is 3.32. The number of halogens is 2. The fraction of sp³-hybridized carbons (Fsp3) is 0.231. The molecule has 1 heterocycles. The highest BCUT2D eigenvalue weighted by Gasteiger charge is 2.30. The molecule has 6 nitrogen and oxygen atoms in total. The summed E-state index contributed by atoms with van der Waals surface area (Å²) < 4.78 is 39.2. The Morgan fingerprint density at radius 2 is 1.76 bits per heavy atom. The monoisotopic (exact) mass is 466 g/mol. The maximum absolute atomic E-state index is 14.4. The van der Waals surface area contributed by atoms with Gasteiger partial charge in [0.25, 0.3) is 5.91 Å². The fourth-order valence-electron chi connectivity index (χ4n) is 3.82. The van der Waals surface area contributed by atoms with E-state index in [2.05, 4.69) is 5.16 Å². The van der Waals surface area contributed by atoms with Crippen molar-refractivity contribution in [2.24, 2.45) is 5.16 Å². The van der Waals surface area contributed by atoms with Crippen LogP contribution in [-0.2, 0) is 11.4 Å². The Morgan fingerprint density at radius 3 is 2.47 bits per heavy atom. The van der Waals surface area contributed by atoms with Gasteiger partial charge in [-0.2, -0.15) is 0 Å². The van der Waals surface area contributed by atoms with Crippen LogP contribution in [0.4, 0.5) is 8.78 Å². The molecule has 0 N–H and O–H groups in total. The number of oxime groups is 1. The van der Waals surface area contributed by atoms with Crippen LogP contribution in [0.15, 0.2) is 71.9 Å². The summed E-state index contributed by atoms with van der Waals surface area (Å²) in [7, 11) is 2.98. The van der Waals surface area contributed by atoms with Crippen molar-refractivity contribution < 1.29 is 27.9 Å². The summed E-state index contributed by atoms with van der Waals surface area (Å²) in [6.45, 7) is 0.124. The molecular weight excluding hydrogens is 442 g/mol. The minimum atomic E-state index is -0.519. The van der Waals surface area contributed by atoms with Crippen LogP contribution in [-0.4, -0.2) is 43.4 Å². The van der Waals surface area contributed by atoms with E-state index < -0.39 is 17.7 Å². The quantitative estimate of drug-likeness (QED) is 0.478. The summed E-state index contributed by atoms with van der Waals surface area (Å²) in [5.41, 5.74) is 1.47. The van der Waals surface area contributed by atoms with Gasteiger partial charge in [-0.1, -0.05) is 41.6 Å². The van der Waals surface area contributed by atoms with Gasteiger partial charge < -0.3 is 19.2 Å². The normalized spacial score (nSPS) is 14.8. The van der Waals surface area contributed by atoms with Gasteiger partial charge in [-0.25, -0.2) is 8.78 Å². The van der Waals surface area contributed by atoms with Gasteiger partial charge in [0.1, 0.15) is 23.1 Å². The maximum atomic E-state index is 14.4. The summed E-state index contributed by atoms with van der Waals surface area (Å²) in [6, 6.07) is 17.4. The second-order valence-electron chi connectivity index (χ2n) is 7.79. The highest BCUT2D eigenvalue weighted by Crippen LogP contribution is 2.28. The molecule has 3 aromatic carbocycles. The third-order valence-corrected chi connectivity index (χ3v) is 5.59. The SMILES string of the molecule is COc1ccc(C(=O)N(Cc2ccccc2F)C[C@@H]2CC(c3ccccc3F)=NO2)c(OC)c1. The molecule has 1 amide bonds. The molecule has 0 spiro atoms. The van der Waals surface area contributed by atoms with Crippen LogP contribution in [0.1, 0.15) is 27.9 Å². The van der Waals surface area contributed by atoms with Gasteiger partial charge in [-0.05, 0) is 24.3 Å². The molecule has 34 heavy (non-hydrogen) atoms. The van der Waals surface area contributed by atoms with E-state index in [0.29, 0.717) is 40.3 Å². The van der Waals surface area contributed by atoms with E-state index in [-0.39, 0.29) is 19.0 Å². The lowest BCUT2D eigenvalue weighted by Gasteiger charge is -2.26. The molecule has 0 unspecified atom stereocenters. The summed E-state index contributed by atoms with van der Waals surface area (Å²) in [5.74, 6) is -0.314. The lowest BCUT2D eigenvalue weighted by molar-refractivity contribution is 0.0401. The maximum Gasteiger partial charge on any atom is 0.258 e. The lowest BCUT2D eigenvalue weighted by atomic mass is 10.0. The minimum Gasteiger partial charge on any atom is -0.497 e. The number of carbonyl (C=O) groups excluding carboxylic acids is 1. The van der Waals surface area contributed by atoms with Gasteiger partial charge in [-0.15, -0.1) is 0 Å². The molecule has 1 atom stereocenters. The minimum absolute atomic E-state index is 0.00951. The zero-order valence-corrected chi connectivity index (χ0v) is 18.8. The molecule has 4 rings (SSSR count). The number of carbonyl (C=O) groups is 1. The van der Waals surface area contributed by atoms with E-state index in [9.17, 15) is 13.6 Å². The Hall–Kier alpha value is -3.94. The van der Waals surface area contributed by atoms with Crippen molar-refractivity contribution in [1.82, 2.24) is 4.90 Å². The molecule has 176 valence electrons. The van der Waals surface area contributed by atoms with E-state index in [1.54, 1.807) is 54.6 Å². The van der Waals surface area contributed by atoms with Gasteiger partial charge in [0, 0.05) is 30.2 Å². The average molecular weight is 466 g/mol. The highest BCUT2D eigenvalue weighted by atomic mass is 19.1. The first-order valence-corrected chi connectivity index (χ1v) is 10.7. The number of ether oxygens (including phenoxy) is 2. The molecule has 0 saturated carbocycles. The molecule has 0 fully saturated rings. The summed E-state index contributed by atoms with van der Waals surface area (Å²) in [6.07, 6.45) is -0.212. The van der Waals surface area contributed by atoms with Crippen LogP contribution >= 0.6 is 0 Å². The summed E-state index contributed by atoms with van der Waals surface area (Å²) in [5, 5.41) is 4.04. The Balaban J connectivity index is 1.59. The Labute approximate surface area is 196 Å². The Bertz CT molecular complexity index is 1210. The standard InChI is InChI=1S/C26H24F2N2O4/c1-32-18-11-12-21(25(14-18)33-2)26(31)30(15-17-7-3-5-9-22(17)27)16-19-13-24(29-34-19)20-8-4-6-10-23(20)28/h3-12,14,19H,13,15-16H2,1-2H3/t19-/m0/s1. The van der Waals surface area contributed by atoms with Crippen LogP contribution < -0.4 is 9.47 Å². The molecule has 3 aromatic rings. The first-order chi connectivity index (χ1) is 16.5. The highest BCUT2D eigenvalue weighted by molar-refractivity contribution is 6.01. The van der Waals surface area contributed by atoms with Crippen LogP contribution in [0.5, 0.6) is 11.5 Å². The number of hydrogen-bond acceptors (Lipinski definition) is 5. The van der Waals surface area contributed by atoms with Crippen molar-refractivity contribution in [3.05, 3.63) is 95.1 Å². The topological polar surface area (TPSA) is 60.4 Å². The molecule has 0 saturated heterocycles. The first kappa shape index (κ1) is 23.2. The van der Waals surface area contributed by atoms with E-state index in [1.165, 1.54) is 31.3 Å². The van der Waals surface area contributed by atoms with Gasteiger partial charge in [0.2, 0.25) is 0 Å². The predicted molar refractivity (Wildman–Crippen MR) is 123 cm³/mol. The lowest BCUT2D eigenvalue weighted by Crippen LogP contribution is -2.37. The van der Waals surface area contributed by atoms with Crippen molar-refractivity contribution in [3.63, 3.8) is 0 Å².